The molecule has 5 heteroatoms. The second-order valence-corrected chi connectivity index (χ2v) is 8.16. The average Bonchev–Trinajstić information content (AvgIpc) is 2.25. The van der Waals surface area contributed by atoms with Gasteiger partial charge < -0.3 is 10.6 Å². The van der Waals surface area contributed by atoms with Crippen LogP contribution in [0.1, 0.15) is 41.5 Å². The summed E-state index contributed by atoms with van der Waals surface area (Å²) in [5.41, 5.74) is 0. The van der Waals surface area contributed by atoms with E-state index in [4.69, 9.17) is 0 Å². The van der Waals surface area contributed by atoms with Crippen LogP contribution >= 0.6 is 0 Å². The van der Waals surface area contributed by atoms with Crippen LogP contribution in [-0.4, -0.2) is 40.3 Å². The molecule has 0 spiro atoms. The first-order chi connectivity index (χ1) is 8.18. The van der Waals surface area contributed by atoms with Crippen molar-refractivity contribution in [3.05, 3.63) is 0 Å². The van der Waals surface area contributed by atoms with E-state index in [-0.39, 0.29) is 4.75 Å². The van der Waals surface area contributed by atoms with Crippen LogP contribution in [0, 0.1) is 5.92 Å². The molecule has 0 saturated heterocycles. The number of nitrogens with zero attached hydrogens (tertiary/aromatic N) is 1. The fraction of sp³-hybridized carbons (Fsp3) is 0.923. The van der Waals surface area contributed by atoms with E-state index in [2.05, 4.69) is 36.4 Å². The monoisotopic (exact) mass is 275 g/mol. The molecular formula is C13H29N3OS. The number of hydrogen-bond acceptors (Lipinski definition) is 2. The third kappa shape index (κ3) is 6.99. The van der Waals surface area contributed by atoms with Gasteiger partial charge in [0.25, 0.3) is 0 Å². The van der Waals surface area contributed by atoms with Crippen molar-refractivity contribution in [2.75, 3.05) is 19.3 Å². The standard InChI is InChI=1S/C13H29N3OS/c1-10(2)11(3)16-12(14-7)15-8-9-18(17)13(4,5)6/h10-11H,8-9H2,1-7H3,(H2,14,15,16). The summed E-state index contributed by atoms with van der Waals surface area (Å²) in [6.07, 6.45) is 0. The summed E-state index contributed by atoms with van der Waals surface area (Å²) in [4.78, 5) is 4.16. The lowest BCUT2D eigenvalue weighted by atomic mass is 10.1. The van der Waals surface area contributed by atoms with Crippen LogP contribution in [0.15, 0.2) is 4.99 Å². The molecule has 0 aliphatic heterocycles. The van der Waals surface area contributed by atoms with Crippen molar-refractivity contribution in [3.8, 4) is 0 Å². The second kappa shape index (κ2) is 7.77. The SMILES string of the molecule is CN=C(NCCS(=O)C(C)(C)C)NC(C)C(C)C. The Kier molecular flexibility index (Phi) is 7.52. The van der Waals surface area contributed by atoms with Gasteiger partial charge in [0.05, 0.1) is 0 Å². The van der Waals surface area contributed by atoms with Crippen molar-refractivity contribution in [3.63, 3.8) is 0 Å². The molecule has 18 heavy (non-hydrogen) atoms. The maximum atomic E-state index is 11.9. The summed E-state index contributed by atoms with van der Waals surface area (Å²) in [6, 6.07) is 0.365. The molecule has 108 valence electrons. The Bertz CT molecular complexity index is 295. The maximum Gasteiger partial charge on any atom is 0.191 e. The second-order valence-electron chi connectivity index (χ2n) is 5.84. The molecule has 0 amide bonds. The molecule has 4 nitrogen and oxygen atoms in total. The highest BCUT2D eigenvalue weighted by Gasteiger charge is 2.18. The highest BCUT2D eigenvalue weighted by molar-refractivity contribution is 7.86. The molecule has 0 heterocycles. The molecule has 0 saturated carbocycles. The third-order valence-corrected chi connectivity index (χ3v) is 4.79. The summed E-state index contributed by atoms with van der Waals surface area (Å²) in [5.74, 6) is 1.97. The van der Waals surface area contributed by atoms with Gasteiger partial charge in [0, 0.05) is 40.9 Å². The van der Waals surface area contributed by atoms with E-state index >= 15 is 0 Å². The summed E-state index contributed by atoms with van der Waals surface area (Å²) in [7, 11) is 0.931. The van der Waals surface area contributed by atoms with Gasteiger partial charge in [0.2, 0.25) is 0 Å². The molecule has 0 radical (unpaired) electrons. The largest absolute Gasteiger partial charge is 0.355 e. The maximum absolute atomic E-state index is 11.9. The van der Waals surface area contributed by atoms with Crippen LogP contribution < -0.4 is 10.6 Å². The minimum atomic E-state index is -0.822. The van der Waals surface area contributed by atoms with Crippen LogP contribution in [0.4, 0.5) is 0 Å². The molecule has 2 atom stereocenters. The minimum Gasteiger partial charge on any atom is -0.355 e. The van der Waals surface area contributed by atoms with E-state index in [1.54, 1.807) is 7.05 Å². The molecule has 0 aromatic carbocycles. The Balaban J connectivity index is 4.08. The molecule has 0 aliphatic rings. The van der Waals surface area contributed by atoms with Gasteiger partial charge in [-0.3, -0.25) is 9.20 Å². The van der Waals surface area contributed by atoms with E-state index in [0.717, 1.165) is 5.96 Å². The van der Waals surface area contributed by atoms with Crippen LogP contribution in [0.25, 0.3) is 0 Å². The number of nitrogens with one attached hydrogen (secondary N) is 2. The van der Waals surface area contributed by atoms with Crippen molar-refractivity contribution >= 4 is 16.8 Å². The molecule has 0 bridgehead atoms. The number of guanidine groups is 1. The molecule has 0 fully saturated rings. The first-order valence-corrected chi connectivity index (χ1v) is 7.86. The minimum absolute atomic E-state index is 0.149. The quantitative estimate of drug-likeness (QED) is 0.593. The van der Waals surface area contributed by atoms with Gasteiger partial charge in [-0.15, -0.1) is 0 Å². The van der Waals surface area contributed by atoms with Crippen molar-refractivity contribution < 1.29 is 4.21 Å². The van der Waals surface area contributed by atoms with E-state index in [9.17, 15) is 4.21 Å². The smallest absolute Gasteiger partial charge is 0.191 e. The Morgan fingerprint density at radius 2 is 1.83 bits per heavy atom. The molecule has 0 aromatic rings. The molecule has 0 rings (SSSR count). The Morgan fingerprint density at radius 1 is 1.28 bits per heavy atom. The van der Waals surface area contributed by atoms with Crippen molar-refractivity contribution in [2.45, 2.75) is 52.3 Å². The van der Waals surface area contributed by atoms with Gasteiger partial charge in [-0.2, -0.15) is 0 Å². The first-order valence-electron chi connectivity index (χ1n) is 6.54. The van der Waals surface area contributed by atoms with Gasteiger partial charge in [0.1, 0.15) is 0 Å². The van der Waals surface area contributed by atoms with E-state index in [1.807, 2.05) is 20.8 Å². The molecule has 2 N–H and O–H groups in total. The van der Waals surface area contributed by atoms with Crippen molar-refractivity contribution in [2.24, 2.45) is 10.9 Å². The highest BCUT2D eigenvalue weighted by atomic mass is 32.2. The predicted molar refractivity (Wildman–Crippen MR) is 81.6 cm³/mol. The molecular weight excluding hydrogens is 246 g/mol. The topological polar surface area (TPSA) is 53.5 Å². The number of aliphatic imine (C=N–C) groups is 1. The summed E-state index contributed by atoms with van der Waals surface area (Å²) < 4.78 is 11.7. The van der Waals surface area contributed by atoms with Gasteiger partial charge >= 0.3 is 0 Å². The van der Waals surface area contributed by atoms with Crippen LogP contribution in [-0.2, 0) is 10.8 Å². The number of rotatable bonds is 5. The summed E-state index contributed by atoms with van der Waals surface area (Å²) >= 11 is 0. The van der Waals surface area contributed by atoms with E-state index in [0.29, 0.717) is 24.3 Å². The fourth-order valence-corrected chi connectivity index (χ4v) is 2.05. The normalized spacial score (nSPS) is 16.6. The lowest BCUT2D eigenvalue weighted by molar-refractivity contribution is 0.481. The fourth-order valence-electron chi connectivity index (χ4n) is 1.15. The van der Waals surface area contributed by atoms with Gasteiger partial charge in [-0.05, 0) is 33.6 Å². The molecule has 0 aromatic heterocycles. The lowest BCUT2D eigenvalue weighted by Gasteiger charge is -2.22. The zero-order chi connectivity index (χ0) is 14.3. The lowest BCUT2D eigenvalue weighted by Crippen LogP contribution is -2.45. The van der Waals surface area contributed by atoms with Gasteiger partial charge in [0.15, 0.2) is 5.96 Å². The van der Waals surface area contributed by atoms with Crippen molar-refractivity contribution in [1.29, 1.82) is 0 Å². The summed E-state index contributed by atoms with van der Waals surface area (Å²) in [5, 5.41) is 6.52. The Hall–Kier alpha value is -0.580. The van der Waals surface area contributed by atoms with Crippen LogP contribution in [0.2, 0.25) is 0 Å². The van der Waals surface area contributed by atoms with E-state index < -0.39 is 10.8 Å². The van der Waals surface area contributed by atoms with Crippen LogP contribution in [0.3, 0.4) is 0 Å². The zero-order valence-corrected chi connectivity index (χ0v) is 13.6. The van der Waals surface area contributed by atoms with Gasteiger partial charge in [-0.1, -0.05) is 13.8 Å². The van der Waals surface area contributed by atoms with Crippen LogP contribution in [0.5, 0.6) is 0 Å². The zero-order valence-electron chi connectivity index (χ0n) is 12.8. The van der Waals surface area contributed by atoms with E-state index in [1.165, 1.54) is 0 Å². The number of hydrogen-bond donors (Lipinski definition) is 2. The first kappa shape index (κ1) is 17.4. The third-order valence-electron chi connectivity index (χ3n) is 2.85. The Labute approximate surface area is 114 Å². The average molecular weight is 275 g/mol. The predicted octanol–water partition coefficient (Wildman–Crippen LogP) is 1.74. The van der Waals surface area contributed by atoms with Gasteiger partial charge in [-0.25, -0.2) is 0 Å². The molecule has 2 unspecified atom stereocenters. The highest BCUT2D eigenvalue weighted by Crippen LogP contribution is 2.10. The molecule has 0 aliphatic carbocycles. The van der Waals surface area contributed by atoms with Crippen molar-refractivity contribution in [1.82, 2.24) is 10.6 Å². The Morgan fingerprint density at radius 3 is 2.22 bits per heavy atom. The summed E-state index contributed by atoms with van der Waals surface area (Å²) in [6.45, 7) is 13.1.